The fraction of sp³-hybridized carbons (Fsp3) is 0.500. The standard InChI is InChI=1S/C14H18ClN3O/c15-12-7-10(1-2-11(12)14(16)19)17-13-4-6-18-5-3-9(13)8-18/h1-2,7,9,13,17H,3-6,8H2,(H2,16,19). The largest absolute Gasteiger partial charge is 0.382 e. The molecule has 19 heavy (non-hydrogen) atoms. The van der Waals surface area contributed by atoms with Gasteiger partial charge in [-0.3, -0.25) is 4.79 Å². The summed E-state index contributed by atoms with van der Waals surface area (Å²) >= 11 is 6.07. The highest BCUT2D eigenvalue weighted by Gasteiger charge is 2.34. The number of hydrogen-bond acceptors (Lipinski definition) is 3. The molecule has 2 bridgehead atoms. The summed E-state index contributed by atoms with van der Waals surface area (Å²) in [5, 5.41) is 3.97. The van der Waals surface area contributed by atoms with E-state index in [1.54, 1.807) is 12.1 Å². The average Bonchev–Trinajstić information content (AvgIpc) is 2.75. The molecule has 0 spiro atoms. The molecule has 0 radical (unpaired) electrons. The Bertz CT molecular complexity index is 505. The van der Waals surface area contributed by atoms with Gasteiger partial charge in [0, 0.05) is 24.8 Å². The van der Waals surface area contributed by atoms with Crippen LogP contribution in [0, 0.1) is 5.92 Å². The first-order valence-electron chi connectivity index (χ1n) is 6.72. The highest BCUT2D eigenvalue weighted by Crippen LogP contribution is 2.30. The van der Waals surface area contributed by atoms with Crippen molar-refractivity contribution in [3.63, 3.8) is 0 Å². The van der Waals surface area contributed by atoms with Crippen molar-refractivity contribution in [2.45, 2.75) is 18.9 Å². The molecule has 0 aromatic heterocycles. The van der Waals surface area contributed by atoms with Crippen molar-refractivity contribution < 1.29 is 4.79 Å². The van der Waals surface area contributed by atoms with Crippen LogP contribution in [-0.2, 0) is 0 Å². The first-order valence-corrected chi connectivity index (χ1v) is 7.09. The minimum atomic E-state index is -0.486. The summed E-state index contributed by atoms with van der Waals surface area (Å²) in [5.74, 6) is 0.240. The molecular weight excluding hydrogens is 262 g/mol. The number of nitrogens with two attached hydrogens (primary N) is 1. The van der Waals surface area contributed by atoms with Gasteiger partial charge in [-0.1, -0.05) is 11.6 Å². The van der Waals surface area contributed by atoms with Gasteiger partial charge in [0.05, 0.1) is 10.6 Å². The van der Waals surface area contributed by atoms with Gasteiger partial charge in [0.2, 0.25) is 5.91 Å². The van der Waals surface area contributed by atoms with E-state index >= 15 is 0 Å². The second kappa shape index (κ2) is 5.02. The summed E-state index contributed by atoms with van der Waals surface area (Å²) in [4.78, 5) is 13.7. The van der Waals surface area contributed by atoms with Gasteiger partial charge in [-0.2, -0.15) is 0 Å². The van der Waals surface area contributed by atoms with Crippen molar-refractivity contribution in [3.8, 4) is 0 Å². The van der Waals surface area contributed by atoms with Crippen LogP contribution in [0.25, 0.3) is 0 Å². The molecule has 3 unspecified atom stereocenters. The third-order valence-corrected chi connectivity index (χ3v) is 4.53. The summed E-state index contributed by atoms with van der Waals surface area (Å²) in [6.45, 7) is 3.59. The molecule has 2 fully saturated rings. The fourth-order valence-corrected chi connectivity index (χ4v) is 3.43. The number of carbonyl (C=O) groups is 1. The maximum absolute atomic E-state index is 11.1. The minimum Gasteiger partial charge on any atom is -0.382 e. The van der Waals surface area contributed by atoms with Gasteiger partial charge >= 0.3 is 0 Å². The lowest BCUT2D eigenvalue weighted by atomic mass is 9.94. The number of piperidine rings is 1. The molecule has 5 heteroatoms. The first-order chi connectivity index (χ1) is 9.13. The Labute approximate surface area is 117 Å². The fourth-order valence-electron chi connectivity index (χ4n) is 3.16. The Kier molecular flexibility index (Phi) is 3.37. The van der Waals surface area contributed by atoms with Crippen molar-refractivity contribution in [1.82, 2.24) is 4.90 Å². The van der Waals surface area contributed by atoms with Crippen LogP contribution in [0.5, 0.6) is 0 Å². The van der Waals surface area contributed by atoms with Crippen LogP contribution in [0.4, 0.5) is 5.69 Å². The molecular formula is C14H18ClN3O. The minimum absolute atomic E-state index is 0.378. The summed E-state index contributed by atoms with van der Waals surface area (Å²) in [5.41, 5.74) is 6.60. The van der Waals surface area contributed by atoms with Gasteiger partial charge in [0.15, 0.2) is 0 Å². The lowest BCUT2D eigenvalue weighted by Gasteiger charge is -2.31. The monoisotopic (exact) mass is 279 g/mol. The van der Waals surface area contributed by atoms with Crippen molar-refractivity contribution in [1.29, 1.82) is 0 Å². The number of benzene rings is 1. The zero-order chi connectivity index (χ0) is 13.4. The van der Waals surface area contributed by atoms with E-state index in [1.165, 1.54) is 32.5 Å². The average molecular weight is 280 g/mol. The van der Waals surface area contributed by atoms with Gasteiger partial charge in [-0.15, -0.1) is 0 Å². The topological polar surface area (TPSA) is 58.4 Å². The van der Waals surface area contributed by atoms with Crippen LogP contribution < -0.4 is 11.1 Å². The Morgan fingerprint density at radius 1 is 1.37 bits per heavy atom. The van der Waals surface area contributed by atoms with E-state index in [2.05, 4.69) is 10.2 Å². The predicted octanol–water partition coefficient (Wildman–Crippen LogP) is 1.95. The highest BCUT2D eigenvalue weighted by molar-refractivity contribution is 6.34. The van der Waals surface area contributed by atoms with E-state index in [-0.39, 0.29) is 0 Å². The van der Waals surface area contributed by atoms with Gasteiger partial charge in [-0.05, 0) is 43.5 Å². The molecule has 1 aromatic carbocycles. The van der Waals surface area contributed by atoms with Crippen molar-refractivity contribution in [2.24, 2.45) is 11.7 Å². The molecule has 3 rings (SSSR count). The normalized spacial score (nSPS) is 29.2. The number of primary amides is 1. The Hall–Kier alpha value is -1.26. The van der Waals surface area contributed by atoms with E-state index in [1.807, 2.05) is 6.07 Å². The van der Waals surface area contributed by atoms with Crippen molar-refractivity contribution in [2.75, 3.05) is 25.0 Å². The van der Waals surface area contributed by atoms with Gasteiger partial charge < -0.3 is 16.0 Å². The van der Waals surface area contributed by atoms with E-state index < -0.39 is 5.91 Å². The number of nitrogens with zero attached hydrogens (tertiary/aromatic N) is 1. The summed E-state index contributed by atoms with van der Waals surface area (Å²) in [6.07, 6.45) is 2.44. The Morgan fingerprint density at radius 3 is 2.89 bits per heavy atom. The van der Waals surface area contributed by atoms with Crippen molar-refractivity contribution in [3.05, 3.63) is 28.8 Å². The number of amides is 1. The van der Waals surface area contributed by atoms with Crippen LogP contribution in [0.2, 0.25) is 5.02 Å². The molecule has 0 saturated carbocycles. The van der Waals surface area contributed by atoms with Gasteiger partial charge in [-0.25, -0.2) is 0 Å². The molecule has 1 amide bonds. The van der Waals surface area contributed by atoms with Crippen LogP contribution in [0.15, 0.2) is 18.2 Å². The lowest BCUT2D eigenvalue weighted by molar-refractivity contribution is 0.100. The lowest BCUT2D eigenvalue weighted by Crippen LogP contribution is -2.39. The number of rotatable bonds is 3. The molecule has 3 N–H and O–H groups in total. The van der Waals surface area contributed by atoms with Crippen molar-refractivity contribution >= 4 is 23.2 Å². The summed E-state index contributed by atoms with van der Waals surface area (Å²) in [6, 6.07) is 5.88. The zero-order valence-electron chi connectivity index (χ0n) is 10.7. The molecule has 2 saturated heterocycles. The van der Waals surface area contributed by atoms with Gasteiger partial charge in [0.1, 0.15) is 0 Å². The van der Waals surface area contributed by atoms with Crippen LogP contribution in [-0.4, -0.2) is 36.5 Å². The quantitative estimate of drug-likeness (QED) is 0.889. The number of fused-ring (bicyclic) bond motifs is 2. The molecule has 0 aliphatic carbocycles. The predicted molar refractivity (Wildman–Crippen MR) is 76.5 cm³/mol. The molecule has 4 nitrogen and oxygen atoms in total. The number of hydrogen-bond donors (Lipinski definition) is 2. The second-order valence-corrected chi connectivity index (χ2v) is 5.85. The zero-order valence-corrected chi connectivity index (χ0v) is 11.5. The smallest absolute Gasteiger partial charge is 0.250 e. The number of halogens is 1. The maximum atomic E-state index is 11.1. The number of carbonyl (C=O) groups excluding carboxylic acids is 1. The number of anilines is 1. The third-order valence-electron chi connectivity index (χ3n) is 4.22. The summed E-state index contributed by atoms with van der Waals surface area (Å²) in [7, 11) is 0. The van der Waals surface area contributed by atoms with E-state index in [0.717, 1.165) is 11.6 Å². The van der Waals surface area contributed by atoms with Crippen LogP contribution >= 0.6 is 11.6 Å². The SMILES string of the molecule is NC(=O)c1ccc(NC2CCN3CCC2C3)cc1Cl. The highest BCUT2D eigenvalue weighted by atomic mass is 35.5. The van der Waals surface area contributed by atoms with Gasteiger partial charge in [0.25, 0.3) is 0 Å². The van der Waals surface area contributed by atoms with E-state index in [9.17, 15) is 4.79 Å². The van der Waals surface area contributed by atoms with Crippen LogP contribution in [0.1, 0.15) is 23.2 Å². The van der Waals surface area contributed by atoms with Crippen LogP contribution in [0.3, 0.4) is 0 Å². The summed E-state index contributed by atoms with van der Waals surface area (Å²) < 4.78 is 0. The first kappa shape index (κ1) is 12.8. The van der Waals surface area contributed by atoms with E-state index in [4.69, 9.17) is 17.3 Å². The van der Waals surface area contributed by atoms with E-state index in [0.29, 0.717) is 16.6 Å². The molecule has 2 aliphatic rings. The maximum Gasteiger partial charge on any atom is 0.250 e. The number of nitrogens with one attached hydrogen (secondary N) is 1. The molecule has 2 heterocycles. The molecule has 1 aromatic rings. The molecule has 3 atom stereocenters. The molecule has 2 aliphatic heterocycles. The second-order valence-electron chi connectivity index (χ2n) is 5.45. The molecule has 102 valence electrons. The Balaban J connectivity index is 1.73. The third kappa shape index (κ3) is 2.55. The Morgan fingerprint density at radius 2 is 2.16 bits per heavy atom.